The molecular formula is C20H16O4. The molecule has 2 aliphatic rings. The molecule has 2 heterocycles. The molecule has 4 nitrogen and oxygen atoms in total. The van der Waals surface area contributed by atoms with E-state index in [1.807, 2.05) is 43.3 Å². The number of furan rings is 1. The molecule has 0 saturated carbocycles. The van der Waals surface area contributed by atoms with Gasteiger partial charge in [-0.3, -0.25) is 4.79 Å². The minimum atomic E-state index is -0.338. The van der Waals surface area contributed by atoms with Gasteiger partial charge in [0.05, 0.1) is 19.3 Å². The monoisotopic (exact) mass is 320 g/mol. The molecule has 0 spiro atoms. The molecule has 120 valence electrons. The van der Waals surface area contributed by atoms with Gasteiger partial charge in [0, 0.05) is 17.0 Å². The van der Waals surface area contributed by atoms with Crippen LogP contribution in [-0.2, 0) is 16.8 Å². The van der Waals surface area contributed by atoms with Crippen LogP contribution in [0.15, 0.2) is 40.8 Å². The third-order valence-electron chi connectivity index (χ3n) is 5.07. The fraction of sp³-hybridized carbons (Fsp3) is 0.250. The highest BCUT2D eigenvalue weighted by Gasteiger charge is 2.45. The Morgan fingerprint density at radius 2 is 2.00 bits per heavy atom. The van der Waals surface area contributed by atoms with Gasteiger partial charge >= 0.3 is 0 Å². The first kappa shape index (κ1) is 13.8. The highest BCUT2D eigenvalue weighted by atomic mass is 16.6. The van der Waals surface area contributed by atoms with Crippen molar-refractivity contribution in [3.8, 4) is 5.75 Å². The first-order chi connectivity index (χ1) is 11.6. The standard InChI is InChI=1S/C20H16O4/c1-20(10-23-20)17-8-13-14-7-11-5-3-4-6-12(11)19(21)18(14)16(22-2)9-15(13)24-17/h3-6,8-9H,7,10H2,1-2H3/t20-/m1/s1. The zero-order chi connectivity index (χ0) is 16.5. The molecule has 3 aromatic rings. The third-order valence-corrected chi connectivity index (χ3v) is 5.07. The quantitative estimate of drug-likeness (QED) is 0.527. The summed E-state index contributed by atoms with van der Waals surface area (Å²) in [6.45, 7) is 2.67. The molecule has 5 rings (SSSR count). The summed E-state index contributed by atoms with van der Waals surface area (Å²) in [5.41, 5.74) is 3.83. The summed E-state index contributed by atoms with van der Waals surface area (Å²) in [4.78, 5) is 13.0. The molecule has 0 bridgehead atoms. The molecule has 24 heavy (non-hydrogen) atoms. The Hall–Kier alpha value is -2.59. The lowest BCUT2D eigenvalue weighted by atomic mass is 9.83. The van der Waals surface area contributed by atoms with Gasteiger partial charge in [-0.05, 0) is 30.5 Å². The summed E-state index contributed by atoms with van der Waals surface area (Å²) in [5, 5.41) is 0.973. The van der Waals surface area contributed by atoms with Crippen LogP contribution in [0.3, 0.4) is 0 Å². The van der Waals surface area contributed by atoms with Gasteiger partial charge in [-0.2, -0.15) is 0 Å². The van der Waals surface area contributed by atoms with E-state index >= 15 is 0 Å². The van der Waals surface area contributed by atoms with E-state index in [9.17, 15) is 4.79 Å². The Kier molecular flexibility index (Phi) is 2.58. The van der Waals surface area contributed by atoms with Crippen molar-refractivity contribution in [2.45, 2.75) is 18.9 Å². The van der Waals surface area contributed by atoms with Gasteiger partial charge in [0.15, 0.2) is 5.78 Å². The van der Waals surface area contributed by atoms with Gasteiger partial charge in [-0.15, -0.1) is 0 Å². The van der Waals surface area contributed by atoms with E-state index in [2.05, 4.69) is 0 Å². The van der Waals surface area contributed by atoms with Gasteiger partial charge in [0.25, 0.3) is 0 Å². The Morgan fingerprint density at radius 3 is 2.75 bits per heavy atom. The minimum Gasteiger partial charge on any atom is -0.496 e. The van der Waals surface area contributed by atoms with Crippen molar-refractivity contribution in [1.82, 2.24) is 0 Å². The second-order valence-electron chi connectivity index (χ2n) is 6.64. The van der Waals surface area contributed by atoms with E-state index in [1.54, 1.807) is 7.11 Å². The number of ether oxygens (including phenoxy) is 2. The largest absolute Gasteiger partial charge is 0.496 e. The van der Waals surface area contributed by atoms with Gasteiger partial charge in [-0.25, -0.2) is 0 Å². The number of carbonyl (C=O) groups excluding carboxylic acids is 1. The van der Waals surface area contributed by atoms with Crippen molar-refractivity contribution in [2.75, 3.05) is 13.7 Å². The molecular weight excluding hydrogens is 304 g/mol. The average Bonchev–Trinajstić information content (AvgIpc) is 3.19. The van der Waals surface area contributed by atoms with E-state index < -0.39 is 0 Å². The number of carbonyl (C=O) groups is 1. The van der Waals surface area contributed by atoms with Crippen LogP contribution >= 0.6 is 0 Å². The predicted molar refractivity (Wildman–Crippen MR) is 88.8 cm³/mol. The topological polar surface area (TPSA) is 52.0 Å². The highest BCUT2D eigenvalue weighted by Crippen LogP contribution is 2.44. The smallest absolute Gasteiger partial charge is 0.197 e. The zero-order valence-electron chi connectivity index (χ0n) is 13.5. The second-order valence-corrected chi connectivity index (χ2v) is 6.64. The first-order valence-corrected chi connectivity index (χ1v) is 8.01. The lowest BCUT2D eigenvalue weighted by Crippen LogP contribution is -2.16. The zero-order valence-corrected chi connectivity index (χ0v) is 13.5. The van der Waals surface area contributed by atoms with E-state index in [0.717, 1.165) is 33.4 Å². The summed E-state index contributed by atoms with van der Waals surface area (Å²) in [6, 6.07) is 11.6. The Balaban J connectivity index is 1.80. The summed E-state index contributed by atoms with van der Waals surface area (Å²) in [7, 11) is 1.59. The predicted octanol–water partition coefficient (Wildman–Crippen LogP) is 3.82. The maximum absolute atomic E-state index is 13.0. The van der Waals surface area contributed by atoms with Crippen molar-refractivity contribution in [3.63, 3.8) is 0 Å². The van der Waals surface area contributed by atoms with Crippen LogP contribution in [0.2, 0.25) is 0 Å². The fourth-order valence-corrected chi connectivity index (χ4v) is 3.55. The number of hydrogen-bond acceptors (Lipinski definition) is 4. The summed E-state index contributed by atoms with van der Waals surface area (Å²) >= 11 is 0. The van der Waals surface area contributed by atoms with Gasteiger partial charge in [0.2, 0.25) is 0 Å². The minimum absolute atomic E-state index is 0.0160. The summed E-state index contributed by atoms with van der Waals surface area (Å²) in [6.07, 6.45) is 0.696. The molecule has 1 aliphatic carbocycles. The van der Waals surface area contributed by atoms with Crippen molar-refractivity contribution in [1.29, 1.82) is 0 Å². The molecule has 0 amide bonds. The number of hydrogen-bond donors (Lipinski definition) is 0. The molecule has 0 N–H and O–H groups in total. The number of ketones is 1. The molecule has 1 aromatic heterocycles. The van der Waals surface area contributed by atoms with Crippen molar-refractivity contribution >= 4 is 16.8 Å². The van der Waals surface area contributed by atoms with E-state index in [0.29, 0.717) is 24.3 Å². The van der Waals surface area contributed by atoms with Crippen LogP contribution in [0.1, 0.15) is 39.7 Å². The molecule has 0 unspecified atom stereocenters. The number of epoxide rings is 1. The number of fused-ring (bicyclic) bond motifs is 4. The summed E-state index contributed by atoms with van der Waals surface area (Å²) < 4.78 is 17.0. The molecule has 1 atom stereocenters. The van der Waals surface area contributed by atoms with Crippen LogP contribution in [0.5, 0.6) is 5.75 Å². The van der Waals surface area contributed by atoms with Crippen molar-refractivity contribution < 1.29 is 18.7 Å². The SMILES string of the molecule is COc1cc2oc([C@@]3(C)CO3)cc2c2c1C(=O)c1ccccc1C2. The second kappa shape index (κ2) is 4.48. The maximum atomic E-state index is 13.0. The lowest BCUT2D eigenvalue weighted by molar-refractivity contribution is 0.103. The maximum Gasteiger partial charge on any atom is 0.197 e. The van der Waals surface area contributed by atoms with Crippen LogP contribution in [0.25, 0.3) is 11.0 Å². The highest BCUT2D eigenvalue weighted by molar-refractivity contribution is 6.16. The number of rotatable bonds is 2. The molecule has 1 fully saturated rings. The van der Waals surface area contributed by atoms with E-state index in [4.69, 9.17) is 13.9 Å². The molecule has 1 aliphatic heterocycles. The Labute approximate surface area is 139 Å². The third kappa shape index (κ3) is 1.74. The molecule has 0 radical (unpaired) electrons. The Morgan fingerprint density at radius 1 is 1.21 bits per heavy atom. The average molecular weight is 320 g/mol. The van der Waals surface area contributed by atoms with Crippen LogP contribution < -0.4 is 4.74 Å². The van der Waals surface area contributed by atoms with E-state index in [1.165, 1.54) is 0 Å². The molecule has 4 heteroatoms. The normalized spacial score (nSPS) is 21.5. The van der Waals surface area contributed by atoms with E-state index in [-0.39, 0.29) is 11.4 Å². The van der Waals surface area contributed by atoms with Crippen molar-refractivity contribution in [3.05, 3.63) is 64.4 Å². The fourth-order valence-electron chi connectivity index (χ4n) is 3.55. The first-order valence-electron chi connectivity index (χ1n) is 8.01. The van der Waals surface area contributed by atoms with Crippen LogP contribution in [-0.4, -0.2) is 19.5 Å². The summed E-state index contributed by atoms with van der Waals surface area (Å²) in [5.74, 6) is 1.39. The van der Waals surface area contributed by atoms with Gasteiger partial charge in [0.1, 0.15) is 22.7 Å². The Bertz CT molecular complexity index is 1010. The van der Waals surface area contributed by atoms with Crippen molar-refractivity contribution in [2.24, 2.45) is 0 Å². The van der Waals surface area contributed by atoms with Gasteiger partial charge in [-0.1, -0.05) is 24.3 Å². The lowest BCUT2D eigenvalue weighted by Gasteiger charge is -2.21. The number of benzene rings is 2. The molecule has 2 aromatic carbocycles. The molecule has 1 saturated heterocycles. The van der Waals surface area contributed by atoms with Gasteiger partial charge < -0.3 is 13.9 Å². The van der Waals surface area contributed by atoms with Crippen LogP contribution in [0.4, 0.5) is 0 Å². The number of methoxy groups -OCH3 is 1. The van der Waals surface area contributed by atoms with Crippen LogP contribution in [0, 0.1) is 0 Å².